The molecule has 20 heavy (non-hydrogen) atoms. The molecule has 1 amide bonds. The lowest BCUT2D eigenvalue weighted by atomic mass is 9.67. The summed E-state index contributed by atoms with van der Waals surface area (Å²) in [5, 5.41) is 8.66. The molecular formula is C15H21N3O2. The Morgan fingerprint density at radius 3 is 2.90 bits per heavy atom. The van der Waals surface area contributed by atoms with E-state index in [0.29, 0.717) is 17.0 Å². The first-order valence-electron chi connectivity index (χ1n) is 7.15. The number of pyridine rings is 1. The van der Waals surface area contributed by atoms with Gasteiger partial charge in [-0.05, 0) is 36.3 Å². The number of hydrogen-bond donors (Lipinski definition) is 2. The molecule has 2 N–H and O–H groups in total. The summed E-state index contributed by atoms with van der Waals surface area (Å²) in [5.41, 5.74) is 4.75. The van der Waals surface area contributed by atoms with Gasteiger partial charge < -0.3 is 0 Å². The van der Waals surface area contributed by atoms with Crippen LogP contribution in [-0.4, -0.2) is 33.6 Å². The van der Waals surface area contributed by atoms with Crippen LogP contribution in [0.1, 0.15) is 48.3 Å². The largest absolute Gasteiger partial charge is 0.294 e. The Balaban J connectivity index is 1.71. The highest BCUT2D eigenvalue weighted by Crippen LogP contribution is 2.43. The van der Waals surface area contributed by atoms with E-state index in [4.69, 9.17) is 5.21 Å². The van der Waals surface area contributed by atoms with Gasteiger partial charge in [0.1, 0.15) is 0 Å². The van der Waals surface area contributed by atoms with Crippen molar-refractivity contribution in [3.05, 3.63) is 29.1 Å². The van der Waals surface area contributed by atoms with E-state index < -0.39 is 5.91 Å². The maximum absolute atomic E-state index is 11.4. The topological polar surface area (TPSA) is 65.5 Å². The molecule has 2 heterocycles. The van der Waals surface area contributed by atoms with Crippen LogP contribution in [0.4, 0.5) is 0 Å². The van der Waals surface area contributed by atoms with Gasteiger partial charge in [0.15, 0.2) is 0 Å². The van der Waals surface area contributed by atoms with Crippen molar-refractivity contribution in [1.82, 2.24) is 15.4 Å². The maximum Gasteiger partial charge on any atom is 0.276 e. The van der Waals surface area contributed by atoms with Gasteiger partial charge in [-0.2, -0.15) is 0 Å². The van der Waals surface area contributed by atoms with E-state index in [2.05, 4.69) is 23.7 Å². The lowest BCUT2D eigenvalue weighted by Gasteiger charge is -2.49. The Labute approximate surface area is 119 Å². The summed E-state index contributed by atoms with van der Waals surface area (Å²) in [6.45, 7) is 6.54. The van der Waals surface area contributed by atoms with Crippen molar-refractivity contribution in [2.45, 2.75) is 45.7 Å². The van der Waals surface area contributed by atoms with Crippen molar-refractivity contribution < 1.29 is 10.0 Å². The van der Waals surface area contributed by atoms with Crippen LogP contribution in [0.3, 0.4) is 0 Å². The number of nitrogens with zero attached hydrogens (tertiary/aromatic N) is 2. The second-order valence-corrected chi connectivity index (χ2v) is 6.72. The molecule has 108 valence electrons. The Kier molecular flexibility index (Phi) is 3.26. The molecule has 5 nitrogen and oxygen atoms in total. The molecule has 1 aromatic heterocycles. The fraction of sp³-hybridized carbons (Fsp3) is 0.600. The van der Waals surface area contributed by atoms with Crippen LogP contribution >= 0.6 is 0 Å². The number of hydrogen-bond acceptors (Lipinski definition) is 4. The molecule has 1 aliphatic carbocycles. The lowest BCUT2D eigenvalue weighted by Crippen LogP contribution is -2.50. The third kappa shape index (κ3) is 2.43. The van der Waals surface area contributed by atoms with Crippen LogP contribution in [0, 0.1) is 5.41 Å². The van der Waals surface area contributed by atoms with Gasteiger partial charge >= 0.3 is 0 Å². The molecule has 1 aliphatic heterocycles. The number of aromatic nitrogens is 1. The number of rotatable bonds is 2. The molecule has 0 saturated heterocycles. The van der Waals surface area contributed by atoms with E-state index >= 15 is 0 Å². The monoisotopic (exact) mass is 275 g/mol. The van der Waals surface area contributed by atoms with Gasteiger partial charge in [0.25, 0.3) is 5.91 Å². The highest BCUT2D eigenvalue weighted by molar-refractivity contribution is 5.93. The van der Waals surface area contributed by atoms with Gasteiger partial charge in [0, 0.05) is 25.3 Å². The van der Waals surface area contributed by atoms with Gasteiger partial charge in [0.05, 0.1) is 11.3 Å². The SMILES string of the molecule is CC1(C)CC(N2CCc3cc(C(=O)NO)cnc3C2)C1. The molecule has 3 rings (SSSR count). The minimum absolute atomic E-state index is 0.421. The summed E-state index contributed by atoms with van der Waals surface area (Å²) >= 11 is 0. The Morgan fingerprint density at radius 2 is 2.25 bits per heavy atom. The van der Waals surface area contributed by atoms with Crippen molar-refractivity contribution in [3.8, 4) is 0 Å². The third-order valence-corrected chi connectivity index (χ3v) is 4.54. The Bertz CT molecular complexity index is 534. The zero-order valence-corrected chi connectivity index (χ0v) is 12.0. The third-order valence-electron chi connectivity index (χ3n) is 4.54. The van der Waals surface area contributed by atoms with Crippen LogP contribution in [-0.2, 0) is 13.0 Å². The molecule has 0 bridgehead atoms. The van der Waals surface area contributed by atoms with Crippen molar-refractivity contribution in [3.63, 3.8) is 0 Å². The van der Waals surface area contributed by atoms with Gasteiger partial charge in [0.2, 0.25) is 0 Å². The summed E-state index contributed by atoms with van der Waals surface area (Å²) in [4.78, 5) is 18.3. The van der Waals surface area contributed by atoms with Gasteiger partial charge in [-0.1, -0.05) is 13.8 Å². The Hall–Kier alpha value is -1.46. The number of carbonyl (C=O) groups is 1. The van der Waals surface area contributed by atoms with Gasteiger partial charge in [-0.25, -0.2) is 5.48 Å². The highest BCUT2D eigenvalue weighted by atomic mass is 16.5. The minimum Gasteiger partial charge on any atom is -0.294 e. The van der Waals surface area contributed by atoms with Crippen LogP contribution in [0.25, 0.3) is 0 Å². The van der Waals surface area contributed by atoms with Crippen molar-refractivity contribution in [2.24, 2.45) is 5.41 Å². The number of nitrogens with one attached hydrogen (secondary N) is 1. The van der Waals surface area contributed by atoms with E-state index in [9.17, 15) is 4.79 Å². The first kappa shape index (κ1) is 13.5. The summed E-state index contributed by atoms with van der Waals surface area (Å²) in [6.07, 6.45) is 4.98. The first-order chi connectivity index (χ1) is 9.48. The molecule has 5 heteroatoms. The van der Waals surface area contributed by atoms with E-state index in [1.165, 1.54) is 12.8 Å². The molecule has 1 saturated carbocycles. The fourth-order valence-electron chi connectivity index (χ4n) is 3.41. The molecular weight excluding hydrogens is 254 g/mol. The predicted octanol–water partition coefficient (Wildman–Crippen LogP) is 1.75. The normalized spacial score (nSPS) is 21.9. The predicted molar refractivity (Wildman–Crippen MR) is 74.4 cm³/mol. The second-order valence-electron chi connectivity index (χ2n) is 6.72. The molecule has 1 aromatic rings. The molecule has 0 radical (unpaired) electrons. The van der Waals surface area contributed by atoms with Gasteiger partial charge in [-0.15, -0.1) is 0 Å². The molecule has 0 atom stereocenters. The zero-order valence-electron chi connectivity index (χ0n) is 12.0. The highest BCUT2D eigenvalue weighted by Gasteiger charge is 2.40. The van der Waals surface area contributed by atoms with E-state index in [1.807, 2.05) is 6.07 Å². The maximum atomic E-state index is 11.4. The van der Waals surface area contributed by atoms with Crippen molar-refractivity contribution in [2.75, 3.05) is 6.54 Å². The number of carbonyl (C=O) groups excluding carboxylic acids is 1. The smallest absolute Gasteiger partial charge is 0.276 e. The van der Waals surface area contributed by atoms with E-state index in [-0.39, 0.29) is 0 Å². The second kappa shape index (κ2) is 4.82. The fourth-order valence-corrected chi connectivity index (χ4v) is 3.41. The molecule has 0 unspecified atom stereocenters. The van der Waals surface area contributed by atoms with Crippen LogP contribution in [0.15, 0.2) is 12.3 Å². The average molecular weight is 275 g/mol. The van der Waals surface area contributed by atoms with Crippen LogP contribution in [0.5, 0.6) is 0 Å². The first-order valence-corrected chi connectivity index (χ1v) is 7.15. The quantitative estimate of drug-likeness (QED) is 0.637. The minimum atomic E-state index is -0.497. The average Bonchev–Trinajstić information content (AvgIpc) is 2.42. The summed E-state index contributed by atoms with van der Waals surface area (Å²) < 4.78 is 0. The molecule has 0 spiro atoms. The van der Waals surface area contributed by atoms with Crippen molar-refractivity contribution in [1.29, 1.82) is 0 Å². The number of amides is 1. The number of fused-ring (bicyclic) bond motifs is 1. The molecule has 0 aromatic carbocycles. The van der Waals surface area contributed by atoms with Crippen LogP contribution < -0.4 is 5.48 Å². The standard InChI is InChI=1S/C15H21N3O2/c1-15(2)6-12(7-15)18-4-3-10-5-11(14(19)17-20)8-16-13(10)9-18/h5,8,12,20H,3-4,6-7,9H2,1-2H3,(H,17,19). The molecule has 1 fully saturated rings. The summed E-state index contributed by atoms with van der Waals surface area (Å²) in [7, 11) is 0. The van der Waals surface area contributed by atoms with E-state index in [1.54, 1.807) is 11.7 Å². The van der Waals surface area contributed by atoms with Gasteiger partial charge in [-0.3, -0.25) is 19.9 Å². The summed E-state index contributed by atoms with van der Waals surface area (Å²) in [6, 6.07) is 2.52. The Morgan fingerprint density at radius 1 is 1.50 bits per heavy atom. The molecule has 2 aliphatic rings. The van der Waals surface area contributed by atoms with Crippen molar-refractivity contribution >= 4 is 5.91 Å². The van der Waals surface area contributed by atoms with Crippen LogP contribution in [0.2, 0.25) is 0 Å². The van der Waals surface area contributed by atoms with E-state index in [0.717, 1.165) is 30.8 Å². The lowest BCUT2D eigenvalue weighted by molar-refractivity contribution is 0.0166. The number of hydroxylamine groups is 1. The zero-order chi connectivity index (χ0) is 14.3. The summed E-state index contributed by atoms with van der Waals surface area (Å²) in [5.74, 6) is -0.497.